The number of rotatable bonds is 2. The summed E-state index contributed by atoms with van der Waals surface area (Å²) in [5.41, 5.74) is 6.51. The highest BCUT2D eigenvalue weighted by molar-refractivity contribution is 6.31. The number of nitrogens with zero attached hydrogens (tertiary/aromatic N) is 2. The molecule has 0 atom stereocenters. The molecule has 5 nitrogen and oxygen atoms in total. The molecule has 3 N–H and O–H groups in total. The number of nitrogens with one attached hydrogen (secondary N) is 1. The van der Waals surface area contributed by atoms with Crippen molar-refractivity contribution < 1.29 is 9.18 Å². The molecule has 7 heteroatoms. The second-order valence-corrected chi connectivity index (χ2v) is 3.96. The molecular formula is C11H10ClFN4O. The van der Waals surface area contributed by atoms with E-state index in [1.54, 1.807) is 6.20 Å². The second-order valence-electron chi connectivity index (χ2n) is 3.55. The Morgan fingerprint density at radius 1 is 1.56 bits per heavy atom. The second kappa shape index (κ2) is 4.66. The van der Waals surface area contributed by atoms with Crippen molar-refractivity contribution in [3.05, 3.63) is 40.9 Å². The molecule has 1 heterocycles. The van der Waals surface area contributed by atoms with E-state index in [1.165, 1.54) is 23.9 Å². The Morgan fingerprint density at radius 3 is 2.94 bits per heavy atom. The highest BCUT2D eigenvalue weighted by Crippen LogP contribution is 2.24. The smallest absolute Gasteiger partial charge is 0.271 e. The molecule has 94 valence electrons. The first-order chi connectivity index (χ1) is 8.52. The minimum atomic E-state index is -0.600. The lowest BCUT2D eigenvalue weighted by molar-refractivity contribution is 0.0957. The normalized spacial score (nSPS) is 10.4. The number of hydrogen-bond donors (Lipinski definition) is 2. The van der Waals surface area contributed by atoms with Crippen LogP contribution >= 0.6 is 11.6 Å². The van der Waals surface area contributed by atoms with E-state index in [2.05, 4.69) is 10.4 Å². The average Bonchev–Trinajstić information content (AvgIpc) is 2.82. The molecule has 18 heavy (non-hydrogen) atoms. The predicted octanol–water partition coefficient (Wildman–Crippen LogP) is 1.61. The van der Waals surface area contributed by atoms with E-state index < -0.39 is 5.82 Å². The van der Waals surface area contributed by atoms with Crippen LogP contribution in [-0.4, -0.2) is 22.7 Å². The van der Waals surface area contributed by atoms with E-state index in [0.717, 1.165) is 6.07 Å². The Bertz CT molecular complexity index is 611. The Balaban J connectivity index is 2.46. The molecular weight excluding hydrogens is 259 g/mol. The maximum absolute atomic E-state index is 13.2. The lowest BCUT2D eigenvalue weighted by atomic mass is 10.2. The van der Waals surface area contributed by atoms with Crippen LogP contribution < -0.4 is 11.1 Å². The Morgan fingerprint density at radius 2 is 2.28 bits per heavy atom. The van der Waals surface area contributed by atoms with E-state index in [0.29, 0.717) is 5.69 Å². The monoisotopic (exact) mass is 268 g/mol. The van der Waals surface area contributed by atoms with Crippen molar-refractivity contribution in [3.63, 3.8) is 0 Å². The van der Waals surface area contributed by atoms with Crippen LogP contribution in [0.25, 0.3) is 5.69 Å². The van der Waals surface area contributed by atoms with Crippen LogP contribution in [0.2, 0.25) is 5.02 Å². The molecule has 2 rings (SSSR count). The first-order valence-electron chi connectivity index (χ1n) is 5.05. The van der Waals surface area contributed by atoms with Gasteiger partial charge in [0.1, 0.15) is 5.82 Å². The SMILES string of the molecule is CNC(=O)c1ccn(-c2cc(Cl)c(F)cc2N)n1. The number of aromatic nitrogens is 2. The average molecular weight is 269 g/mol. The van der Waals surface area contributed by atoms with Crippen LogP contribution in [-0.2, 0) is 0 Å². The summed E-state index contributed by atoms with van der Waals surface area (Å²) in [6.07, 6.45) is 1.55. The predicted molar refractivity (Wildman–Crippen MR) is 66.3 cm³/mol. The lowest BCUT2D eigenvalue weighted by Gasteiger charge is -2.06. The Kier molecular flexibility index (Phi) is 3.20. The standard InChI is InChI=1S/C11H10ClFN4O/c1-15-11(18)9-2-3-17(16-9)10-4-6(12)7(13)5-8(10)14/h2-5H,14H2,1H3,(H,15,18). The zero-order valence-electron chi connectivity index (χ0n) is 9.45. The summed E-state index contributed by atoms with van der Waals surface area (Å²) in [4.78, 5) is 11.4. The summed E-state index contributed by atoms with van der Waals surface area (Å²) < 4.78 is 14.5. The van der Waals surface area contributed by atoms with Crippen molar-refractivity contribution in [2.45, 2.75) is 0 Å². The zero-order valence-corrected chi connectivity index (χ0v) is 10.2. The molecule has 1 aromatic carbocycles. The van der Waals surface area contributed by atoms with Gasteiger partial charge in [0.2, 0.25) is 0 Å². The van der Waals surface area contributed by atoms with Crippen molar-refractivity contribution in [3.8, 4) is 5.69 Å². The Hall–Kier alpha value is -2.08. The van der Waals surface area contributed by atoms with E-state index >= 15 is 0 Å². The van der Waals surface area contributed by atoms with Gasteiger partial charge in [0.25, 0.3) is 5.91 Å². The van der Waals surface area contributed by atoms with Crippen molar-refractivity contribution in [1.82, 2.24) is 15.1 Å². The van der Waals surface area contributed by atoms with Crippen LogP contribution in [0.4, 0.5) is 10.1 Å². The van der Waals surface area contributed by atoms with Gasteiger partial charge in [0.15, 0.2) is 5.69 Å². The fourth-order valence-corrected chi connectivity index (χ4v) is 1.62. The lowest BCUT2D eigenvalue weighted by Crippen LogP contribution is -2.18. The summed E-state index contributed by atoms with van der Waals surface area (Å²) in [5, 5.41) is 6.42. The van der Waals surface area contributed by atoms with Gasteiger partial charge in [0.05, 0.1) is 16.4 Å². The molecule has 1 amide bonds. The van der Waals surface area contributed by atoms with Gasteiger partial charge >= 0.3 is 0 Å². The molecule has 1 aromatic heterocycles. The van der Waals surface area contributed by atoms with Crippen molar-refractivity contribution in [1.29, 1.82) is 0 Å². The molecule has 0 saturated carbocycles. The molecule has 0 saturated heterocycles. The molecule has 0 aliphatic heterocycles. The number of carbonyl (C=O) groups is 1. The van der Waals surface area contributed by atoms with Gasteiger partial charge in [0, 0.05) is 19.3 Å². The minimum absolute atomic E-state index is 0.0591. The van der Waals surface area contributed by atoms with Gasteiger partial charge in [-0.2, -0.15) is 5.10 Å². The molecule has 0 fully saturated rings. The topological polar surface area (TPSA) is 72.9 Å². The number of benzene rings is 1. The van der Waals surface area contributed by atoms with Crippen LogP contribution in [0, 0.1) is 5.82 Å². The number of nitrogens with two attached hydrogens (primary N) is 1. The van der Waals surface area contributed by atoms with E-state index in [1.807, 2.05) is 0 Å². The minimum Gasteiger partial charge on any atom is -0.397 e. The highest BCUT2D eigenvalue weighted by Gasteiger charge is 2.12. The number of anilines is 1. The van der Waals surface area contributed by atoms with Crippen LogP contribution in [0.15, 0.2) is 24.4 Å². The van der Waals surface area contributed by atoms with Crippen molar-refractivity contribution >= 4 is 23.2 Å². The zero-order chi connectivity index (χ0) is 13.3. The summed E-state index contributed by atoms with van der Waals surface area (Å²) in [5.74, 6) is -0.919. The summed E-state index contributed by atoms with van der Waals surface area (Å²) in [6.45, 7) is 0. The van der Waals surface area contributed by atoms with Crippen LogP contribution in [0.3, 0.4) is 0 Å². The molecule has 0 aliphatic carbocycles. The highest BCUT2D eigenvalue weighted by atomic mass is 35.5. The number of hydrogen-bond acceptors (Lipinski definition) is 3. The van der Waals surface area contributed by atoms with E-state index in [9.17, 15) is 9.18 Å². The van der Waals surface area contributed by atoms with Gasteiger partial charge in [-0.15, -0.1) is 0 Å². The van der Waals surface area contributed by atoms with Crippen molar-refractivity contribution in [2.75, 3.05) is 12.8 Å². The first-order valence-corrected chi connectivity index (χ1v) is 5.43. The quantitative estimate of drug-likeness (QED) is 0.813. The molecule has 0 spiro atoms. The maximum Gasteiger partial charge on any atom is 0.271 e. The molecule has 0 aliphatic rings. The third-order valence-corrected chi connectivity index (χ3v) is 2.65. The third-order valence-electron chi connectivity index (χ3n) is 2.37. The summed E-state index contributed by atoms with van der Waals surface area (Å²) in [7, 11) is 1.50. The fraction of sp³-hybridized carbons (Fsp3) is 0.0909. The molecule has 2 aromatic rings. The summed E-state index contributed by atoms with van der Waals surface area (Å²) >= 11 is 5.68. The van der Waals surface area contributed by atoms with Crippen LogP contribution in [0.1, 0.15) is 10.5 Å². The van der Waals surface area contributed by atoms with Gasteiger partial charge in [-0.1, -0.05) is 11.6 Å². The Labute approximate surface area is 107 Å². The largest absolute Gasteiger partial charge is 0.397 e. The molecule has 0 bridgehead atoms. The first kappa shape index (κ1) is 12.4. The number of amides is 1. The van der Waals surface area contributed by atoms with Gasteiger partial charge in [-0.05, 0) is 12.1 Å². The van der Waals surface area contributed by atoms with Gasteiger partial charge < -0.3 is 11.1 Å². The van der Waals surface area contributed by atoms with E-state index in [4.69, 9.17) is 17.3 Å². The molecule has 0 radical (unpaired) electrons. The van der Waals surface area contributed by atoms with Crippen molar-refractivity contribution in [2.24, 2.45) is 0 Å². The summed E-state index contributed by atoms with van der Waals surface area (Å²) in [6, 6.07) is 3.99. The number of nitrogen functional groups attached to an aromatic ring is 1. The molecule has 0 unspecified atom stereocenters. The van der Waals surface area contributed by atoms with Gasteiger partial charge in [-0.3, -0.25) is 4.79 Å². The fourth-order valence-electron chi connectivity index (χ4n) is 1.46. The number of halogens is 2. The van der Waals surface area contributed by atoms with Crippen LogP contribution in [0.5, 0.6) is 0 Å². The number of carbonyl (C=O) groups excluding carboxylic acids is 1. The maximum atomic E-state index is 13.2. The van der Waals surface area contributed by atoms with Gasteiger partial charge in [-0.25, -0.2) is 9.07 Å². The third kappa shape index (κ3) is 2.14. The van der Waals surface area contributed by atoms with E-state index in [-0.39, 0.29) is 22.3 Å².